The summed E-state index contributed by atoms with van der Waals surface area (Å²) in [5.74, 6) is 0. The van der Waals surface area contributed by atoms with Crippen molar-refractivity contribution < 1.29 is 8.42 Å². The number of rotatable bonds is 4. The first kappa shape index (κ1) is 10.7. The minimum absolute atomic E-state index is 0.160. The molecular formula is C9H17NO2S. The van der Waals surface area contributed by atoms with E-state index < -0.39 is 10.0 Å². The highest BCUT2D eigenvalue weighted by atomic mass is 32.2. The van der Waals surface area contributed by atoms with E-state index in [1.807, 2.05) is 6.92 Å². The van der Waals surface area contributed by atoms with Crippen LogP contribution in [0, 0.1) is 0 Å². The summed E-state index contributed by atoms with van der Waals surface area (Å²) in [6.45, 7) is 5.85. The molecule has 0 bridgehead atoms. The largest absolute Gasteiger partial charge is 0.214 e. The Morgan fingerprint density at radius 2 is 2.00 bits per heavy atom. The lowest BCUT2D eigenvalue weighted by Crippen LogP contribution is -2.33. The molecule has 0 heterocycles. The van der Waals surface area contributed by atoms with Crippen LogP contribution in [0.15, 0.2) is 12.2 Å². The third kappa shape index (κ3) is 3.12. The van der Waals surface area contributed by atoms with Gasteiger partial charge in [0, 0.05) is 6.54 Å². The van der Waals surface area contributed by atoms with Gasteiger partial charge in [0.1, 0.15) is 0 Å². The summed E-state index contributed by atoms with van der Waals surface area (Å²) >= 11 is 0. The fourth-order valence-corrected chi connectivity index (χ4v) is 3.18. The number of hydrogen-bond donors (Lipinski definition) is 1. The zero-order valence-corrected chi connectivity index (χ0v) is 8.86. The molecule has 0 aromatic heterocycles. The maximum Gasteiger partial charge on any atom is 0.214 e. The SMILES string of the molecule is C=C(C)CNS(=O)(=O)C1CCCC1. The molecule has 4 heteroatoms. The van der Waals surface area contributed by atoms with Gasteiger partial charge in [0.05, 0.1) is 5.25 Å². The van der Waals surface area contributed by atoms with Crippen molar-refractivity contribution in [2.75, 3.05) is 6.54 Å². The van der Waals surface area contributed by atoms with E-state index in [4.69, 9.17) is 0 Å². The predicted molar refractivity (Wildman–Crippen MR) is 54.0 cm³/mol. The van der Waals surface area contributed by atoms with Crippen molar-refractivity contribution in [1.82, 2.24) is 4.72 Å². The molecule has 0 radical (unpaired) electrons. The molecule has 13 heavy (non-hydrogen) atoms. The zero-order chi connectivity index (χ0) is 9.90. The van der Waals surface area contributed by atoms with Crippen LogP contribution in [0.2, 0.25) is 0 Å². The van der Waals surface area contributed by atoms with E-state index in [1.54, 1.807) is 0 Å². The molecule has 0 aromatic rings. The van der Waals surface area contributed by atoms with Crippen molar-refractivity contribution in [3.8, 4) is 0 Å². The fraction of sp³-hybridized carbons (Fsp3) is 0.778. The molecule has 1 saturated carbocycles. The van der Waals surface area contributed by atoms with Gasteiger partial charge < -0.3 is 0 Å². The summed E-state index contributed by atoms with van der Waals surface area (Å²) in [5, 5.41) is -0.160. The normalized spacial score (nSPS) is 19.2. The topological polar surface area (TPSA) is 46.2 Å². The van der Waals surface area contributed by atoms with Crippen LogP contribution in [-0.2, 0) is 10.0 Å². The maximum atomic E-state index is 11.6. The minimum atomic E-state index is -3.07. The van der Waals surface area contributed by atoms with E-state index in [0.717, 1.165) is 31.3 Å². The first-order chi connectivity index (χ1) is 6.02. The molecule has 1 fully saturated rings. The van der Waals surface area contributed by atoms with Crippen molar-refractivity contribution in [3.05, 3.63) is 12.2 Å². The van der Waals surface area contributed by atoms with Gasteiger partial charge in [-0.1, -0.05) is 25.0 Å². The quantitative estimate of drug-likeness (QED) is 0.702. The van der Waals surface area contributed by atoms with Gasteiger partial charge in [-0.2, -0.15) is 0 Å². The minimum Gasteiger partial charge on any atom is -0.212 e. The van der Waals surface area contributed by atoms with Gasteiger partial charge in [-0.3, -0.25) is 0 Å². The van der Waals surface area contributed by atoms with E-state index in [-0.39, 0.29) is 5.25 Å². The van der Waals surface area contributed by atoms with E-state index in [1.165, 1.54) is 0 Å². The Kier molecular flexibility index (Phi) is 3.50. The van der Waals surface area contributed by atoms with Crippen molar-refractivity contribution in [2.45, 2.75) is 37.9 Å². The van der Waals surface area contributed by atoms with E-state index >= 15 is 0 Å². The Hall–Kier alpha value is -0.350. The zero-order valence-electron chi connectivity index (χ0n) is 8.04. The predicted octanol–water partition coefficient (Wildman–Crippen LogP) is 1.42. The van der Waals surface area contributed by atoms with Crippen LogP contribution in [0.5, 0.6) is 0 Å². The first-order valence-electron chi connectivity index (χ1n) is 4.65. The molecule has 0 spiro atoms. The highest BCUT2D eigenvalue weighted by Crippen LogP contribution is 2.23. The highest BCUT2D eigenvalue weighted by molar-refractivity contribution is 7.90. The van der Waals surface area contributed by atoms with Crippen LogP contribution < -0.4 is 4.72 Å². The van der Waals surface area contributed by atoms with Crippen LogP contribution in [0.25, 0.3) is 0 Å². The lowest BCUT2D eigenvalue weighted by Gasteiger charge is -2.11. The van der Waals surface area contributed by atoms with Crippen LogP contribution in [0.1, 0.15) is 32.6 Å². The van der Waals surface area contributed by atoms with Crippen LogP contribution in [-0.4, -0.2) is 20.2 Å². The molecule has 0 aromatic carbocycles. The Morgan fingerprint density at radius 3 is 2.46 bits per heavy atom. The van der Waals surface area contributed by atoms with Gasteiger partial charge in [-0.05, 0) is 19.8 Å². The third-order valence-corrected chi connectivity index (χ3v) is 4.21. The molecule has 0 unspecified atom stereocenters. The lowest BCUT2D eigenvalue weighted by molar-refractivity contribution is 0.568. The second-order valence-corrected chi connectivity index (χ2v) is 5.78. The molecule has 1 rings (SSSR count). The van der Waals surface area contributed by atoms with Crippen molar-refractivity contribution in [2.24, 2.45) is 0 Å². The molecule has 0 aliphatic heterocycles. The van der Waals surface area contributed by atoms with Crippen molar-refractivity contribution in [1.29, 1.82) is 0 Å². The highest BCUT2D eigenvalue weighted by Gasteiger charge is 2.27. The van der Waals surface area contributed by atoms with E-state index in [2.05, 4.69) is 11.3 Å². The average molecular weight is 203 g/mol. The number of hydrogen-bond acceptors (Lipinski definition) is 2. The van der Waals surface area contributed by atoms with Crippen molar-refractivity contribution in [3.63, 3.8) is 0 Å². The molecule has 0 atom stereocenters. The van der Waals surface area contributed by atoms with Crippen LogP contribution in [0.4, 0.5) is 0 Å². The molecule has 76 valence electrons. The smallest absolute Gasteiger partial charge is 0.212 e. The molecule has 0 saturated heterocycles. The standard InChI is InChI=1S/C9H17NO2S/c1-8(2)7-10-13(11,12)9-5-3-4-6-9/h9-10H,1,3-7H2,2H3. The monoisotopic (exact) mass is 203 g/mol. The Morgan fingerprint density at radius 1 is 1.46 bits per heavy atom. The maximum absolute atomic E-state index is 11.6. The van der Waals surface area contributed by atoms with Gasteiger partial charge in [-0.25, -0.2) is 13.1 Å². The van der Waals surface area contributed by atoms with Gasteiger partial charge >= 0.3 is 0 Å². The summed E-state index contributed by atoms with van der Waals surface area (Å²) in [4.78, 5) is 0. The summed E-state index contributed by atoms with van der Waals surface area (Å²) in [7, 11) is -3.07. The van der Waals surface area contributed by atoms with Gasteiger partial charge in [0.2, 0.25) is 10.0 Å². The van der Waals surface area contributed by atoms with Gasteiger partial charge in [0.15, 0.2) is 0 Å². The molecule has 0 amide bonds. The van der Waals surface area contributed by atoms with Crippen LogP contribution in [0.3, 0.4) is 0 Å². The first-order valence-corrected chi connectivity index (χ1v) is 6.20. The van der Waals surface area contributed by atoms with E-state index in [0.29, 0.717) is 6.54 Å². The Labute approximate surface area is 80.3 Å². The molecule has 1 N–H and O–H groups in total. The Balaban J connectivity index is 2.50. The van der Waals surface area contributed by atoms with Gasteiger partial charge in [0.25, 0.3) is 0 Å². The summed E-state index contributed by atoms with van der Waals surface area (Å²) in [6, 6.07) is 0. The second kappa shape index (κ2) is 4.24. The summed E-state index contributed by atoms with van der Waals surface area (Å²) < 4.78 is 25.7. The Bertz CT molecular complexity index is 276. The second-order valence-electron chi connectivity index (χ2n) is 3.73. The van der Waals surface area contributed by atoms with Crippen LogP contribution >= 0.6 is 0 Å². The summed E-state index contributed by atoms with van der Waals surface area (Å²) in [6.07, 6.45) is 3.70. The molecule has 1 aliphatic carbocycles. The third-order valence-electron chi connectivity index (χ3n) is 2.32. The molecule has 1 aliphatic rings. The molecular weight excluding hydrogens is 186 g/mol. The van der Waals surface area contributed by atoms with E-state index in [9.17, 15) is 8.42 Å². The lowest BCUT2D eigenvalue weighted by atomic mass is 10.4. The molecule has 3 nitrogen and oxygen atoms in total. The van der Waals surface area contributed by atoms with Gasteiger partial charge in [-0.15, -0.1) is 0 Å². The average Bonchev–Trinajstić information content (AvgIpc) is 2.53. The summed E-state index contributed by atoms with van der Waals surface area (Å²) in [5.41, 5.74) is 0.849. The number of nitrogens with one attached hydrogen (secondary N) is 1. The fourth-order valence-electron chi connectivity index (χ4n) is 1.54. The number of sulfonamides is 1. The van der Waals surface area contributed by atoms with Crippen molar-refractivity contribution >= 4 is 10.0 Å².